The Morgan fingerprint density at radius 2 is 2.04 bits per heavy atom. The van der Waals surface area contributed by atoms with Gasteiger partial charge < -0.3 is 30.1 Å². The molecule has 0 aromatic heterocycles. The van der Waals surface area contributed by atoms with Gasteiger partial charge in [0.1, 0.15) is 5.75 Å². The van der Waals surface area contributed by atoms with Crippen molar-refractivity contribution in [1.82, 2.24) is 10.6 Å². The van der Waals surface area contributed by atoms with Gasteiger partial charge in [0, 0.05) is 45.1 Å². The number of anilines is 1. The molecule has 0 radical (unpaired) electrons. The number of nitrogens with one attached hydrogen (secondary N) is 2. The summed E-state index contributed by atoms with van der Waals surface area (Å²) in [5.41, 5.74) is 0.450. The second-order valence-electron chi connectivity index (χ2n) is 6.19. The zero-order valence-corrected chi connectivity index (χ0v) is 15.6. The smallest absolute Gasteiger partial charge is 0.410 e. The van der Waals surface area contributed by atoms with Crippen LogP contribution in [-0.2, 0) is 16.0 Å². The third kappa shape index (κ3) is 6.07. The number of rotatable bonds is 7. The van der Waals surface area contributed by atoms with Crippen LogP contribution in [0, 0.1) is 5.82 Å². The van der Waals surface area contributed by atoms with Crippen molar-refractivity contribution in [2.45, 2.75) is 26.4 Å². The van der Waals surface area contributed by atoms with Crippen LogP contribution in [0.4, 0.5) is 14.9 Å². The highest BCUT2D eigenvalue weighted by Crippen LogP contribution is 2.31. The highest BCUT2D eigenvalue weighted by molar-refractivity contribution is 5.73. The van der Waals surface area contributed by atoms with E-state index < -0.39 is 18.0 Å². The number of hydrogen-bond acceptors (Lipinski definition) is 6. The molecule has 27 heavy (non-hydrogen) atoms. The van der Waals surface area contributed by atoms with Gasteiger partial charge in [0.2, 0.25) is 5.91 Å². The minimum atomic E-state index is -1.03. The number of halogens is 1. The lowest BCUT2D eigenvalue weighted by atomic mass is 10.0. The quantitative estimate of drug-likeness (QED) is 0.644. The van der Waals surface area contributed by atoms with Gasteiger partial charge in [0.05, 0.1) is 25.0 Å². The molecule has 1 aliphatic heterocycles. The molecule has 1 atom stereocenters. The zero-order valence-electron chi connectivity index (χ0n) is 15.6. The van der Waals surface area contributed by atoms with Crippen LogP contribution < -0.4 is 20.3 Å². The van der Waals surface area contributed by atoms with Crippen molar-refractivity contribution in [3.05, 3.63) is 23.5 Å². The van der Waals surface area contributed by atoms with E-state index in [1.54, 1.807) is 13.0 Å². The van der Waals surface area contributed by atoms with Gasteiger partial charge in [-0.05, 0) is 19.1 Å². The van der Waals surface area contributed by atoms with Crippen LogP contribution in [-0.4, -0.2) is 62.6 Å². The van der Waals surface area contributed by atoms with Crippen molar-refractivity contribution in [2.24, 2.45) is 0 Å². The average molecular weight is 383 g/mol. The topological polar surface area (TPSA) is 100 Å². The fraction of sp³-hybridized carbons (Fsp3) is 0.556. The van der Waals surface area contributed by atoms with Crippen LogP contribution >= 0.6 is 0 Å². The van der Waals surface area contributed by atoms with Gasteiger partial charge in [-0.1, -0.05) is 0 Å². The highest BCUT2D eigenvalue weighted by Gasteiger charge is 2.23. The number of nitrogens with zero attached hydrogens (tertiary/aromatic N) is 1. The minimum absolute atomic E-state index is 0.0306. The van der Waals surface area contributed by atoms with E-state index in [1.165, 1.54) is 13.0 Å². The summed E-state index contributed by atoms with van der Waals surface area (Å²) in [7, 11) is 0. The monoisotopic (exact) mass is 383 g/mol. The summed E-state index contributed by atoms with van der Waals surface area (Å²) in [5, 5.41) is 15.1. The van der Waals surface area contributed by atoms with E-state index >= 15 is 4.39 Å². The van der Waals surface area contributed by atoms with Crippen LogP contribution in [0.5, 0.6) is 5.75 Å². The van der Waals surface area contributed by atoms with Crippen LogP contribution in [0.15, 0.2) is 12.1 Å². The molecule has 2 amide bonds. The van der Waals surface area contributed by atoms with Crippen molar-refractivity contribution in [3.8, 4) is 5.75 Å². The van der Waals surface area contributed by atoms with E-state index in [4.69, 9.17) is 9.47 Å². The number of hydrogen-bond donors (Lipinski definition) is 3. The standard InChI is InChI=1S/C18H26FN3O5/c1-3-20-18(25)27-16-5-4-15(22-6-8-26-9-7-22)17(19)14(16)10-13(24)11-21-12(2)23/h4-5,13,24H,3,6-11H2,1-2H3,(H,20,25)(H,21,23). The Kier molecular flexibility index (Phi) is 7.81. The number of carbonyl (C=O) groups is 2. The predicted molar refractivity (Wildman–Crippen MR) is 97.5 cm³/mol. The molecule has 1 aliphatic rings. The maximum absolute atomic E-state index is 15.2. The molecule has 2 rings (SSSR count). The lowest BCUT2D eigenvalue weighted by Crippen LogP contribution is -2.37. The normalized spacial score (nSPS) is 15.2. The van der Waals surface area contributed by atoms with Gasteiger partial charge in [-0.3, -0.25) is 4.79 Å². The third-order valence-corrected chi connectivity index (χ3v) is 4.08. The number of morpholine rings is 1. The molecule has 0 spiro atoms. The SMILES string of the molecule is CCNC(=O)Oc1ccc(N2CCOCC2)c(F)c1CC(O)CNC(C)=O. The first kappa shape index (κ1) is 20.9. The number of benzene rings is 1. The molecule has 1 heterocycles. The Morgan fingerprint density at radius 3 is 2.67 bits per heavy atom. The van der Waals surface area contributed by atoms with E-state index in [0.29, 0.717) is 38.5 Å². The van der Waals surface area contributed by atoms with E-state index in [1.807, 2.05) is 4.90 Å². The largest absolute Gasteiger partial charge is 0.412 e. The van der Waals surface area contributed by atoms with Crippen molar-refractivity contribution < 1.29 is 28.6 Å². The number of amides is 2. The predicted octanol–water partition coefficient (Wildman–Crippen LogP) is 0.810. The highest BCUT2D eigenvalue weighted by atomic mass is 19.1. The molecular weight excluding hydrogens is 357 g/mol. The summed E-state index contributed by atoms with van der Waals surface area (Å²) < 4.78 is 25.7. The Bertz CT molecular complexity index is 665. The fourth-order valence-electron chi connectivity index (χ4n) is 2.78. The maximum Gasteiger partial charge on any atom is 0.412 e. The summed E-state index contributed by atoms with van der Waals surface area (Å²) in [4.78, 5) is 24.6. The fourth-order valence-corrected chi connectivity index (χ4v) is 2.78. The molecule has 1 aromatic carbocycles. The number of aliphatic hydroxyl groups is 1. The molecule has 1 aromatic rings. The molecule has 0 aliphatic carbocycles. The van der Waals surface area contributed by atoms with Gasteiger partial charge in [0.15, 0.2) is 5.82 Å². The van der Waals surface area contributed by atoms with E-state index in [2.05, 4.69) is 10.6 Å². The van der Waals surface area contributed by atoms with Crippen molar-refractivity contribution in [3.63, 3.8) is 0 Å². The summed E-state index contributed by atoms with van der Waals surface area (Å²) >= 11 is 0. The van der Waals surface area contributed by atoms with Crippen molar-refractivity contribution in [2.75, 3.05) is 44.3 Å². The first-order valence-electron chi connectivity index (χ1n) is 8.94. The van der Waals surface area contributed by atoms with Crippen LogP contribution in [0.3, 0.4) is 0 Å². The first-order chi connectivity index (χ1) is 12.9. The summed E-state index contributed by atoms with van der Waals surface area (Å²) in [6, 6.07) is 3.07. The third-order valence-electron chi connectivity index (χ3n) is 4.08. The van der Waals surface area contributed by atoms with E-state index in [9.17, 15) is 14.7 Å². The number of ether oxygens (including phenoxy) is 2. The molecule has 0 saturated carbocycles. The van der Waals surface area contributed by atoms with E-state index in [-0.39, 0.29) is 30.2 Å². The Morgan fingerprint density at radius 1 is 1.33 bits per heavy atom. The van der Waals surface area contributed by atoms with Crippen molar-refractivity contribution >= 4 is 17.7 Å². The van der Waals surface area contributed by atoms with E-state index in [0.717, 1.165) is 0 Å². The van der Waals surface area contributed by atoms with Crippen LogP contribution in [0.1, 0.15) is 19.4 Å². The van der Waals surface area contributed by atoms with Gasteiger partial charge in [-0.15, -0.1) is 0 Å². The zero-order chi connectivity index (χ0) is 19.8. The summed E-state index contributed by atoms with van der Waals surface area (Å²) in [5.74, 6) is -0.812. The molecule has 1 saturated heterocycles. The van der Waals surface area contributed by atoms with Crippen molar-refractivity contribution in [1.29, 1.82) is 0 Å². The maximum atomic E-state index is 15.2. The van der Waals surface area contributed by atoms with Gasteiger partial charge in [0.25, 0.3) is 0 Å². The lowest BCUT2D eigenvalue weighted by molar-refractivity contribution is -0.119. The van der Waals surface area contributed by atoms with Crippen LogP contribution in [0.2, 0.25) is 0 Å². The molecule has 150 valence electrons. The average Bonchev–Trinajstić information content (AvgIpc) is 2.64. The Hall–Kier alpha value is -2.39. The summed E-state index contributed by atoms with van der Waals surface area (Å²) in [6.07, 6.45) is -1.84. The summed E-state index contributed by atoms with van der Waals surface area (Å²) in [6.45, 7) is 5.49. The Balaban J connectivity index is 2.27. The minimum Gasteiger partial charge on any atom is -0.410 e. The molecule has 8 nitrogen and oxygen atoms in total. The van der Waals surface area contributed by atoms with Gasteiger partial charge in [-0.2, -0.15) is 0 Å². The number of carbonyl (C=O) groups excluding carboxylic acids is 2. The molecule has 9 heteroatoms. The molecular formula is C18H26FN3O5. The lowest BCUT2D eigenvalue weighted by Gasteiger charge is -2.30. The second kappa shape index (κ2) is 10.1. The first-order valence-corrected chi connectivity index (χ1v) is 8.94. The molecule has 1 unspecified atom stereocenters. The molecule has 3 N–H and O–H groups in total. The second-order valence-corrected chi connectivity index (χ2v) is 6.19. The Labute approximate surface area is 157 Å². The number of aliphatic hydroxyl groups excluding tert-OH is 1. The molecule has 1 fully saturated rings. The van der Waals surface area contributed by atoms with Crippen LogP contribution in [0.25, 0.3) is 0 Å². The molecule has 0 bridgehead atoms. The van der Waals surface area contributed by atoms with Gasteiger partial charge >= 0.3 is 6.09 Å². The van der Waals surface area contributed by atoms with Gasteiger partial charge in [-0.25, -0.2) is 9.18 Å².